The number of fused-ring (bicyclic) bond motifs is 1. The normalized spacial score (nSPS) is 11.0. The quantitative estimate of drug-likeness (QED) is 0.674. The lowest BCUT2D eigenvalue weighted by Gasteiger charge is -2.09. The third-order valence-electron chi connectivity index (χ3n) is 2.90. The van der Waals surface area contributed by atoms with Crippen molar-refractivity contribution in [3.63, 3.8) is 0 Å². The summed E-state index contributed by atoms with van der Waals surface area (Å²) >= 11 is 12.2. The van der Waals surface area contributed by atoms with Crippen LogP contribution in [0.4, 0.5) is 4.39 Å². The molecule has 0 N–H and O–H groups in total. The molecular formula is C13H8Cl2FN3O. The number of rotatable bonds is 2. The Morgan fingerprint density at radius 1 is 1.20 bits per heavy atom. The highest BCUT2D eigenvalue weighted by atomic mass is 35.5. The number of halogens is 3. The Hall–Kier alpha value is -1.85. The zero-order valence-corrected chi connectivity index (χ0v) is 11.8. The molecule has 7 heteroatoms. The van der Waals surface area contributed by atoms with Crippen LogP contribution in [-0.2, 0) is 0 Å². The second-order valence-electron chi connectivity index (χ2n) is 4.02. The lowest BCUT2D eigenvalue weighted by Crippen LogP contribution is -1.98. The van der Waals surface area contributed by atoms with Gasteiger partial charge >= 0.3 is 0 Å². The summed E-state index contributed by atoms with van der Waals surface area (Å²) in [4.78, 5) is 8.07. The van der Waals surface area contributed by atoms with Crippen molar-refractivity contribution in [3.05, 3.63) is 46.7 Å². The van der Waals surface area contributed by atoms with Gasteiger partial charge in [-0.1, -0.05) is 23.2 Å². The average Bonchev–Trinajstić information content (AvgIpc) is 2.77. The molecule has 4 nitrogen and oxygen atoms in total. The minimum Gasteiger partial charge on any atom is -0.494 e. The molecule has 2 aromatic heterocycles. The monoisotopic (exact) mass is 311 g/mol. The Morgan fingerprint density at radius 2 is 2.00 bits per heavy atom. The minimum atomic E-state index is -0.448. The molecule has 0 amide bonds. The number of nitrogens with zero attached hydrogens (tertiary/aromatic N) is 3. The smallest absolute Gasteiger partial charge is 0.165 e. The fraction of sp³-hybridized carbons (Fsp3) is 0.0769. The Balaban J connectivity index is 2.29. The summed E-state index contributed by atoms with van der Waals surface area (Å²) < 4.78 is 20.1. The summed E-state index contributed by atoms with van der Waals surface area (Å²) in [5.41, 5.74) is 1.17. The van der Waals surface area contributed by atoms with Crippen LogP contribution in [-0.4, -0.2) is 21.6 Å². The molecule has 0 saturated heterocycles. The Morgan fingerprint density at radius 3 is 2.75 bits per heavy atom. The van der Waals surface area contributed by atoms with Crippen LogP contribution in [0.2, 0.25) is 10.3 Å². The molecule has 0 atom stereocenters. The average molecular weight is 312 g/mol. The molecule has 1 aromatic carbocycles. The highest BCUT2D eigenvalue weighted by Gasteiger charge is 2.14. The van der Waals surface area contributed by atoms with Crippen LogP contribution < -0.4 is 4.74 Å². The zero-order valence-electron chi connectivity index (χ0n) is 10.3. The summed E-state index contributed by atoms with van der Waals surface area (Å²) in [6.45, 7) is 0. The summed E-state index contributed by atoms with van der Waals surface area (Å²) in [5.74, 6) is -0.322. The van der Waals surface area contributed by atoms with E-state index in [4.69, 9.17) is 27.9 Å². The van der Waals surface area contributed by atoms with Gasteiger partial charge in [-0.25, -0.2) is 14.4 Å². The molecule has 3 rings (SSSR count). The molecule has 0 unspecified atom stereocenters. The highest BCUT2D eigenvalue weighted by Crippen LogP contribution is 2.31. The Bertz CT molecular complexity index is 804. The molecular weight excluding hydrogens is 304 g/mol. The maximum Gasteiger partial charge on any atom is 0.165 e. The minimum absolute atomic E-state index is 0.126. The fourth-order valence-corrected chi connectivity index (χ4v) is 2.46. The summed E-state index contributed by atoms with van der Waals surface area (Å²) in [5, 5.41) is 1.34. The van der Waals surface area contributed by atoms with Crippen LogP contribution in [0.1, 0.15) is 0 Å². The predicted molar refractivity (Wildman–Crippen MR) is 75.4 cm³/mol. The van der Waals surface area contributed by atoms with Gasteiger partial charge in [-0.05, 0) is 18.2 Å². The van der Waals surface area contributed by atoms with Crippen molar-refractivity contribution in [2.45, 2.75) is 0 Å². The molecule has 0 aliphatic heterocycles. The summed E-state index contributed by atoms with van der Waals surface area (Å²) in [6, 6.07) is 6.09. The van der Waals surface area contributed by atoms with E-state index in [9.17, 15) is 4.39 Å². The van der Waals surface area contributed by atoms with Gasteiger partial charge in [-0.15, -0.1) is 0 Å². The van der Waals surface area contributed by atoms with Crippen LogP contribution in [0.3, 0.4) is 0 Å². The first-order valence-corrected chi connectivity index (χ1v) is 6.39. The van der Waals surface area contributed by atoms with Crippen molar-refractivity contribution in [1.82, 2.24) is 14.5 Å². The molecule has 0 saturated carbocycles. The van der Waals surface area contributed by atoms with Gasteiger partial charge in [-0.2, -0.15) is 0 Å². The standard InChI is InChI=1S/C13H8Cl2FN3O/c1-20-10-4-7(2-3-9(10)16)19-11(14)5-8-12(15)17-6-18-13(8)19/h2-6H,1H3. The van der Waals surface area contributed by atoms with Gasteiger partial charge in [0.05, 0.1) is 18.2 Å². The third-order valence-corrected chi connectivity index (χ3v) is 3.48. The molecule has 20 heavy (non-hydrogen) atoms. The maximum absolute atomic E-state index is 13.5. The molecule has 2 heterocycles. The highest BCUT2D eigenvalue weighted by molar-refractivity contribution is 6.36. The molecule has 0 spiro atoms. The SMILES string of the molecule is COc1cc(-n2c(Cl)cc3c(Cl)ncnc32)ccc1F. The van der Waals surface area contributed by atoms with E-state index < -0.39 is 5.82 Å². The van der Waals surface area contributed by atoms with Crippen molar-refractivity contribution in [1.29, 1.82) is 0 Å². The summed E-state index contributed by atoms with van der Waals surface area (Å²) in [7, 11) is 1.40. The molecule has 102 valence electrons. The van der Waals surface area contributed by atoms with E-state index in [0.717, 1.165) is 0 Å². The first-order chi connectivity index (χ1) is 9.61. The van der Waals surface area contributed by atoms with Crippen molar-refractivity contribution in [3.8, 4) is 11.4 Å². The van der Waals surface area contributed by atoms with Gasteiger partial charge in [0, 0.05) is 6.07 Å². The molecule has 3 aromatic rings. The van der Waals surface area contributed by atoms with Gasteiger partial charge in [-0.3, -0.25) is 4.57 Å². The van der Waals surface area contributed by atoms with E-state index in [1.54, 1.807) is 16.7 Å². The van der Waals surface area contributed by atoms with Crippen LogP contribution in [0.15, 0.2) is 30.6 Å². The number of benzene rings is 1. The molecule has 0 aliphatic carbocycles. The molecule has 0 aliphatic rings. The third kappa shape index (κ3) is 1.99. The lowest BCUT2D eigenvalue weighted by atomic mass is 10.3. The van der Waals surface area contributed by atoms with E-state index in [1.165, 1.54) is 25.6 Å². The largest absolute Gasteiger partial charge is 0.494 e. The van der Waals surface area contributed by atoms with Gasteiger partial charge < -0.3 is 4.74 Å². The van der Waals surface area contributed by atoms with Crippen molar-refractivity contribution >= 4 is 34.2 Å². The fourth-order valence-electron chi connectivity index (χ4n) is 1.99. The Labute approximate surface area is 123 Å². The second kappa shape index (κ2) is 4.92. The lowest BCUT2D eigenvalue weighted by molar-refractivity contribution is 0.386. The Kier molecular flexibility index (Phi) is 3.23. The summed E-state index contributed by atoms with van der Waals surface area (Å²) in [6.07, 6.45) is 1.35. The van der Waals surface area contributed by atoms with Crippen molar-refractivity contribution in [2.75, 3.05) is 7.11 Å². The van der Waals surface area contributed by atoms with Crippen LogP contribution >= 0.6 is 23.2 Å². The number of aromatic nitrogens is 3. The van der Waals surface area contributed by atoms with E-state index in [1.807, 2.05) is 0 Å². The number of methoxy groups -OCH3 is 1. The van der Waals surface area contributed by atoms with Gasteiger partial charge in [0.25, 0.3) is 0 Å². The van der Waals surface area contributed by atoms with Crippen LogP contribution in [0.25, 0.3) is 16.7 Å². The second-order valence-corrected chi connectivity index (χ2v) is 4.77. The van der Waals surface area contributed by atoms with E-state index >= 15 is 0 Å². The van der Waals surface area contributed by atoms with Gasteiger partial charge in [0.1, 0.15) is 16.6 Å². The van der Waals surface area contributed by atoms with Gasteiger partial charge in [0.15, 0.2) is 17.2 Å². The van der Waals surface area contributed by atoms with Crippen molar-refractivity contribution in [2.24, 2.45) is 0 Å². The maximum atomic E-state index is 13.5. The number of ether oxygens (including phenoxy) is 1. The first kappa shape index (κ1) is 13.1. The van der Waals surface area contributed by atoms with Crippen LogP contribution in [0, 0.1) is 5.82 Å². The first-order valence-electron chi connectivity index (χ1n) is 5.63. The zero-order chi connectivity index (χ0) is 14.3. The van der Waals surface area contributed by atoms with Crippen molar-refractivity contribution < 1.29 is 9.13 Å². The molecule has 0 bridgehead atoms. The predicted octanol–water partition coefficient (Wildman–Crippen LogP) is 3.88. The van der Waals surface area contributed by atoms with E-state index in [2.05, 4.69) is 9.97 Å². The van der Waals surface area contributed by atoms with E-state index in [0.29, 0.717) is 27.0 Å². The molecule has 0 radical (unpaired) electrons. The molecule has 0 fully saturated rings. The topological polar surface area (TPSA) is 39.9 Å². The van der Waals surface area contributed by atoms with Gasteiger partial charge in [0.2, 0.25) is 0 Å². The van der Waals surface area contributed by atoms with Crippen LogP contribution in [0.5, 0.6) is 5.75 Å². The number of hydrogen-bond acceptors (Lipinski definition) is 3. The van der Waals surface area contributed by atoms with E-state index in [-0.39, 0.29) is 5.75 Å². The number of hydrogen-bond donors (Lipinski definition) is 0.